The predicted octanol–water partition coefficient (Wildman–Crippen LogP) is 6.65. The highest BCUT2D eigenvalue weighted by molar-refractivity contribution is 9.10. The Bertz CT molecular complexity index is 907. The van der Waals surface area contributed by atoms with Gasteiger partial charge in [-0.05, 0) is 61.6 Å². The van der Waals surface area contributed by atoms with E-state index >= 15 is 0 Å². The zero-order valence-corrected chi connectivity index (χ0v) is 19.8. The molecule has 0 spiro atoms. The van der Waals surface area contributed by atoms with Crippen molar-refractivity contribution in [3.05, 3.63) is 52.5 Å². The third kappa shape index (κ3) is 7.10. The maximum Gasteiger partial charge on any atom is 0.259 e. The smallest absolute Gasteiger partial charge is 0.259 e. The van der Waals surface area contributed by atoms with Gasteiger partial charge in [0, 0.05) is 21.8 Å². The number of benzene rings is 2. The Kier molecular flexibility index (Phi) is 8.52. The lowest BCUT2D eigenvalue weighted by atomic mass is 9.88. The predicted molar refractivity (Wildman–Crippen MR) is 129 cm³/mol. The van der Waals surface area contributed by atoms with E-state index in [4.69, 9.17) is 4.74 Å². The quantitative estimate of drug-likeness (QED) is 0.438. The summed E-state index contributed by atoms with van der Waals surface area (Å²) in [5, 5.41) is 5.93. The average molecular weight is 487 g/mol. The topological polar surface area (TPSA) is 67.4 Å². The molecule has 1 aliphatic rings. The third-order valence-corrected chi connectivity index (χ3v) is 6.00. The molecule has 0 radical (unpaired) electrons. The van der Waals surface area contributed by atoms with Gasteiger partial charge in [-0.25, -0.2) is 0 Å². The van der Waals surface area contributed by atoms with Crippen molar-refractivity contribution in [3.63, 3.8) is 0 Å². The molecule has 0 heterocycles. The van der Waals surface area contributed by atoms with Crippen molar-refractivity contribution in [2.45, 2.75) is 52.4 Å². The second kappa shape index (κ2) is 11.3. The van der Waals surface area contributed by atoms with Gasteiger partial charge in [-0.3, -0.25) is 9.59 Å². The van der Waals surface area contributed by atoms with E-state index in [-0.39, 0.29) is 17.7 Å². The van der Waals surface area contributed by atoms with Crippen LogP contribution in [-0.4, -0.2) is 18.4 Å². The highest BCUT2D eigenvalue weighted by Gasteiger charge is 2.21. The molecule has 0 atom stereocenters. The van der Waals surface area contributed by atoms with E-state index in [9.17, 15) is 9.59 Å². The summed E-state index contributed by atoms with van der Waals surface area (Å²) in [5.74, 6) is 0.981. The van der Waals surface area contributed by atoms with Crippen LogP contribution in [0.1, 0.15) is 62.7 Å². The number of carbonyl (C=O) groups is 2. The number of carbonyl (C=O) groups excluding carboxylic acids is 2. The maximum absolute atomic E-state index is 13.0. The van der Waals surface area contributed by atoms with Gasteiger partial charge in [0.05, 0.1) is 12.2 Å². The van der Waals surface area contributed by atoms with E-state index in [1.165, 1.54) is 6.42 Å². The van der Waals surface area contributed by atoms with Crippen molar-refractivity contribution in [3.8, 4) is 5.75 Å². The first-order valence-electron chi connectivity index (χ1n) is 11.1. The maximum atomic E-state index is 13.0. The Morgan fingerprint density at radius 3 is 2.45 bits per heavy atom. The summed E-state index contributed by atoms with van der Waals surface area (Å²) in [7, 11) is 0. The molecule has 2 amide bonds. The Labute approximate surface area is 193 Å². The van der Waals surface area contributed by atoms with Gasteiger partial charge in [0.25, 0.3) is 5.91 Å². The second-order valence-corrected chi connectivity index (χ2v) is 9.45. The van der Waals surface area contributed by atoms with Gasteiger partial charge < -0.3 is 15.4 Å². The molecule has 3 rings (SSSR count). The van der Waals surface area contributed by atoms with Crippen molar-refractivity contribution in [2.24, 2.45) is 11.8 Å². The lowest BCUT2D eigenvalue weighted by Crippen LogP contribution is -2.24. The van der Waals surface area contributed by atoms with Crippen LogP contribution in [0.2, 0.25) is 0 Å². The fourth-order valence-electron chi connectivity index (χ4n) is 3.69. The lowest BCUT2D eigenvalue weighted by molar-refractivity contribution is -0.120. The monoisotopic (exact) mass is 486 g/mol. The number of rotatable bonds is 8. The number of halogens is 1. The molecule has 31 heavy (non-hydrogen) atoms. The van der Waals surface area contributed by atoms with Crippen molar-refractivity contribution in [1.29, 1.82) is 0 Å². The number of anilines is 2. The molecule has 6 heteroatoms. The van der Waals surface area contributed by atoms with Gasteiger partial charge in [-0.1, -0.05) is 55.1 Å². The number of hydrogen-bond acceptors (Lipinski definition) is 3. The normalized spacial score (nSPS) is 14.3. The van der Waals surface area contributed by atoms with Crippen molar-refractivity contribution >= 4 is 39.1 Å². The SMILES string of the molecule is CC(C)CCOc1ccc(Br)cc1C(=O)Nc1cccc(NC(=O)C2CCCCC2)c1. The highest BCUT2D eigenvalue weighted by atomic mass is 79.9. The van der Waals surface area contributed by atoms with Crippen LogP contribution in [0, 0.1) is 11.8 Å². The number of hydrogen-bond donors (Lipinski definition) is 2. The Balaban J connectivity index is 1.67. The first kappa shape index (κ1) is 23.3. The van der Waals surface area contributed by atoms with Crippen LogP contribution in [0.3, 0.4) is 0 Å². The summed E-state index contributed by atoms with van der Waals surface area (Å²) in [4.78, 5) is 25.5. The molecule has 166 valence electrons. The summed E-state index contributed by atoms with van der Waals surface area (Å²) >= 11 is 3.43. The van der Waals surface area contributed by atoms with E-state index in [0.29, 0.717) is 35.2 Å². The van der Waals surface area contributed by atoms with Gasteiger partial charge in [-0.15, -0.1) is 0 Å². The molecule has 0 bridgehead atoms. The summed E-state index contributed by atoms with van der Waals surface area (Å²) in [6.45, 7) is 4.83. The summed E-state index contributed by atoms with van der Waals surface area (Å²) in [6, 6.07) is 12.7. The molecule has 2 N–H and O–H groups in total. The third-order valence-electron chi connectivity index (χ3n) is 5.50. The van der Waals surface area contributed by atoms with Gasteiger partial charge in [0.15, 0.2) is 0 Å². The largest absolute Gasteiger partial charge is 0.493 e. The molecule has 1 aliphatic carbocycles. The van der Waals surface area contributed by atoms with Gasteiger partial charge >= 0.3 is 0 Å². The fraction of sp³-hybridized carbons (Fsp3) is 0.440. The van der Waals surface area contributed by atoms with Crippen LogP contribution in [0.25, 0.3) is 0 Å². The van der Waals surface area contributed by atoms with Crippen LogP contribution in [0.4, 0.5) is 11.4 Å². The van der Waals surface area contributed by atoms with E-state index in [2.05, 4.69) is 40.4 Å². The van der Waals surface area contributed by atoms with Crippen LogP contribution in [-0.2, 0) is 4.79 Å². The molecule has 2 aromatic rings. The van der Waals surface area contributed by atoms with Crippen LogP contribution < -0.4 is 15.4 Å². The van der Waals surface area contributed by atoms with E-state index in [1.54, 1.807) is 18.2 Å². The average Bonchev–Trinajstić information content (AvgIpc) is 2.75. The van der Waals surface area contributed by atoms with Crippen LogP contribution in [0.15, 0.2) is 46.9 Å². The zero-order chi connectivity index (χ0) is 22.2. The van der Waals surface area contributed by atoms with Crippen LogP contribution >= 0.6 is 15.9 Å². The highest BCUT2D eigenvalue weighted by Crippen LogP contribution is 2.27. The molecule has 1 fully saturated rings. The molecule has 0 saturated heterocycles. The van der Waals surface area contributed by atoms with E-state index in [1.807, 2.05) is 24.3 Å². The second-order valence-electron chi connectivity index (χ2n) is 8.53. The Morgan fingerprint density at radius 1 is 1.03 bits per heavy atom. The van der Waals surface area contributed by atoms with Crippen molar-refractivity contribution < 1.29 is 14.3 Å². The van der Waals surface area contributed by atoms with Gasteiger partial charge in [-0.2, -0.15) is 0 Å². The molecule has 0 unspecified atom stereocenters. The molecule has 5 nitrogen and oxygen atoms in total. The molecular weight excluding hydrogens is 456 g/mol. The summed E-state index contributed by atoms with van der Waals surface area (Å²) < 4.78 is 6.67. The van der Waals surface area contributed by atoms with Gasteiger partial charge in [0.1, 0.15) is 5.75 Å². The van der Waals surface area contributed by atoms with E-state index in [0.717, 1.165) is 36.6 Å². The van der Waals surface area contributed by atoms with Crippen molar-refractivity contribution in [1.82, 2.24) is 0 Å². The standard InChI is InChI=1S/C25H31BrN2O3/c1-17(2)13-14-31-23-12-11-19(26)15-22(23)25(30)28-21-10-6-9-20(16-21)27-24(29)18-7-4-3-5-8-18/h6,9-12,15-18H,3-5,7-8,13-14H2,1-2H3,(H,27,29)(H,28,30). The first-order valence-corrected chi connectivity index (χ1v) is 11.9. The van der Waals surface area contributed by atoms with Gasteiger partial charge in [0.2, 0.25) is 5.91 Å². The fourth-order valence-corrected chi connectivity index (χ4v) is 4.05. The molecule has 0 aromatic heterocycles. The molecule has 1 saturated carbocycles. The summed E-state index contributed by atoms with van der Waals surface area (Å²) in [6.07, 6.45) is 6.25. The minimum absolute atomic E-state index is 0.0657. The van der Waals surface area contributed by atoms with Crippen LogP contribution in [0.5, 0.6) is 5.75 Å². The molecular formula is C25H31BrN2O3. The number of nitrogens with one attached hydrogen (secondary N) is 2. The number of amides is 2. The lowest BCUT2D eigenvalue weighted by Gasteiger charge is -2.21. The summed E-state index contributed by atoms with van der Waals surface area (Å²) in [5.41, 5.74) is 1.78. The molecule has 0 aliphatic heterocycles. The Morgan fingerprint density at radius 2 is 1.74 bits per heavy atom. The molecule has 2 aromatic carbocycles. The van der Waals surface area contributed by atoms with Crippen molar-refractivity contribution in [2.75, 3.05) is 17.2 Å². The van der Waals surface area contributed by atoms with E-state index < -0.39 is 0 Å². The zero-order valence-electron chi connectivity index (χ0n) is 18.2. The first-order chi connectivity index (χ1) is 14.9. The number of ether oxygens (including phenoxy) is 1. The Hall–Kier alpha value is -2.34. The minimum Gasteiger partial charge on any atom is -0.493 e. The minimum atomic E-state index is -0.253.